The Labute approximate surface area is 628 Å². The van der Waals surface area contributed by atoms with Crippen molar-refractivity contribution in [1.29, 1.82) is 0 Å². The number of hydrogen-bond donors (Lipinski definition) is 0. The summed E-state index contributed by atoms with van der Waals surface area (Å²) in [7, 11) is 0. The summed E-state index contributed by atoms with van der Waals surface area (Å²) in [5.74, 6) is 0. The van der Waals surface area contributed by atoms with Crippen LogP contribution in [0.2, 0.25) is 0 Å². The summed E-state index contributed by atoms with van der Waals surface area (Å²) in [4.78, 5) is 4.72. The molecule has 18 aromatic carbocycles. The van der Waals surface area contributed by atoms with E-state index >= 15 is 0 Å². The van der Waals surface area contributed by atoms with E-state index in [-0.39, 0.29) is 5.41 Å². The molecule has 0 unspecified atom stereocenters. The predicted octanol–water partition coefficient (Wildman–Crippen LogP) is 29.9. The SMILES string of the molecule is CC(C)(C)c1cccc(-c2ccc(N(c3ccc(-c4ccc(-c5cccc6ccccc56)cc4)cc3)c3ccc(-c4ccc(-c5cccc6ccccc56)cc4)cc3)cc2)c1.Cc1cc(N(c2ccc(-c3ccccc3)cc2)c2ccc(-c3cccc4ccccc34)cc2)ccc1-c1cccc2ccccc12. The van der Waals surface area contributed by atoms with Gasteiger partial charge in [0, 0.05) is 34.1 Å². The summed E-state index contributed by atoms with van der Waals surface area (Å²) in [6.45, 7) is 9.03. The number of fused-ring (bicyclic) bond motifs is 4. The molecule has 0 saturated carbocycles. The third-order valence-electron chi connectivity index (χ3n) is 21.1. The Kier molecular flexibility index (Phi) is 18.4. The first-order chi connectivity index (χ1) is 52.6. The average Bonchev–Trinajstić information content (AvgIpc) is 0.774. The molecule has 0 atom stereocenters. The lowest BCUT2D eigenvalue weighted by Crippen LogP contribution is -2.11. The normalized spacial score (nSPS) is 11.4. The van der Waals surface area contributed by atoms with Gasteiger partial charge >= 0.3 is 0 Å². The van der Waals surface area contributed by atoms with Gasteiger partial charge < -0.3 is 9.80 Å². The first-order valence-electron chi connectivity index (χ1n) is 37.1. The van der Waals surface area contributed by atoms with E-state index < -0.39 is 0 Å². The van der Waals surface area contributed by atoms with Crippen LogP contribution in [0.3, 0.4) is 0 Å². The van der Waals surface area contributed by atoms with Gasteiger partial charge in [-0.25, -0.2) is 0 Å². The number of benzene rings is 18. The van der Waals surface area contributed by atoms with Crippen LogP contribution in [0.1, 0.15) is 31.9 Å². The van der Waals surface area contributed by atoms with Crippen LogP contribution in [0.15, 0.2) is 413 Å². The van der Waals surface area contributed by atoms with Gasteiger partial charge in [-0.3, -0.25) is 0 Å². The first kappa shape index (κ1) is 66.8. The van der Waals surface area contributed by atoms with Crippen LogP contribution < -0.4 is 9.80 Å². The van der Waals surface area contributed by atoms with Gasteiger partial charge in [0.1, 0.15) is 0 Å². The molecule has 18 aromatic rings. The molecule has 0 saturated heterocycles. The third-order valence-corrected chi connectivity index (χ3v) is 21.1. The van der Waals surface area contributed by atoms with E-state index in [2.05, 4.69) is 450 Å². The maximum absolute atomic E-state index is 2.36. The zero-order valence-corrected chi connectivity index (χ0v) is 60.7. The van der Waals surface area contributed by atoms with Gasteiger partial charge in [-0.15, -0.1) is 0 Å². The number of hydrogen-bond acceptors (Lipinski definition) is 2. The Hall–Kier alpha value is -13.4. The number of aryl methyl sites for hydroxylation is 1. The van der Waals surface area contributed by atoms with Crippen molar-refractivity contribution in [2.75, 3.05) is 9.80 Å². The van der Waals surface area contributed by atoms with Crippen LogP contribution in [0.5, 0.6) is 0 Å². The molecule has 510 valence electrons. The van der Waals surface area contributed by atoms with Crippen LogP contribution in [-0.4, -0.2) is 0 Å². The van der Waals surface area contributed by atoms with Crippen molar-refractivity contribution in [2.45, 2.75) is 33.1 Å². The fraction of sp³-hybridized carbons (Fsp3) is 0.0476. The molecule has 0 aliphatic rings. The summed E-state index contributed by atoms with van der Waals surface area (Å²) in [5, 5.41) is 10.1. The van der Waals surface area contributed by atoms with Crippen molar-refractivity contribution < 1.29 is 0 Å². The van der Waals surface area contributed by atoms with Crippen molar-refractivity contribution in [1.82, 2.24) is 0 Å². The standard InChI is InChI=1S/C60H47N.C45H33N/c1-60(2,3)52-16-8-15-51(41-52)46-33-39-55(40-34-46)61(53-35-29-44(30-36-53)42-21-25-49(26-22-42)58-19-9-13-47-11-4-6-17-56(47)58)54-37-31-45(32-38-54)43-23-27-50(28-24-43)59-20-10-14-48-12-5-7-18-57(48)59;1-32-31-40(29-30-41(32)45-20-10-16-36-14-6-8-18-44(36)45)46(38-25-21-34(22-26-38)33-11-3-2-4-12-33)39-27-23-37(24-28-39)43-19-9-15-35-13-5-7-17-42(35)43/h4-41H,1-3H3;2-31H,1H3. The molecule has 0 spiro atoms. The summed E-state index contributed by atoms with van der Waals surface area (Å²) in [6.07, 6.45) is 0. The molecule has 0 aliphatic heterocycles. The molecular weight excluding hydrogens is 1290 g/mol. The highest BCUT2D eigenvalue weighted by Gasteiger charge is 2.20. The summed E-state index contributed by atoms with van der Waals surface area (Å²) in [5.41, 5.74) is 28.9. The van der Waals surface area contributed by atoms with Crippen molar-refractivity contribution in [3.63, 3.8) is 0 Å². The minimum Gasteiger partial charge on any atom is -0.311 e. The third kappa shape index (κ3) is 13.9. The average molecular weight is 1370 g/mol. The lowest BCUT2D eigenvalue weighted by Gasteiger charge is -2.27. The molecule has 0 aliphatic carbocycles. The molecule has 0 amide bonds. The highest BCUT2D eigenvalue weighted by molar-refractivity contribution is 6.01. The van der Waals surface area contributed by atoms with E-state index in [1.807, 2.05) is 0 Å². The van der Waals surface area contributed by atoms with Gasteiger partial charge in [0.25, 0.3) is 0 Å². The second-order valence-corrected chi connectivity index (χ2v) is 28.9. The highest BCUT2D eigenvalue weighted by Crippen LogP contribution is 2.44. The molecule has 0 N–H and O–H groups in total. The van der Waals surface area contributed by atoms with Crippen LogP contribution in [-0.2, 0) is 5.41 Å². The van der Waals surface area contributed by atoms with E-state index in [9.17, 15) is 0 Å². The van der Waals surface area contributed by atoms with Gasteiger partial charge in [0.05, 0.1) is 0 Å². The maximum atomic E-state index is 2.36. The Morgan fingerprint density at radius 2 is 0.430 bits per heavy atom. The summed E-state index contributed by atoms with van der Waals surface area (Å²) in [6, 6.07) is 150. The van der Waals surface area contributed by atoms with Crippen LogP contribution in [0.4, 0.5) is 34.1 Å². The largest absolute Gasteiger partial charge is 0.311 e. The minimum atomic E-state index is 0.0860. The van der Waals surface area contributed by atoms with Gasteiger partial charge in [-0.2, -0.15) is 0 Å². The van der Waals surface area contributed by atoms with Crippen LogP contribution in [0.25, 0.3) is 132 Å². The lowest BCUT2D eigenvalue weighted by molar-refractivity contribution is 0.590. The van der Waals surface area contributed by atoms with Crippen molar-refractivity contribution in [3.05, 3.63) is 424 Å². The summed E-state index contributed by atoms with van der Waals surface area (Å²) < 4.78 is 0. The van der Waals surface area contributed by atoms with E-state index in [4.69, 9.17) is 0 Å². The lowest BCUT2D eigenvalue weighted by atomic mass is 9.85. The Morgan fingerprint density at radius 3 is 0.794 bits per heavy atom. The van der Waals surface area contributed by atoms with Gasteiger partial charge in [-0.05, 0) is 228 Å². The second-order valence-electron chi connectivity index (χ2n) is 28.9. The molecule has 0 fully saturated rings. The van der Waals surface area contributed by atoms with Crippen LogP contribution >= 0.6 is 0 Å². The van der Waals surface area contributed by atoms with Gasteiger partial charge in [0.2, 0.25) is 0 Å². The number of anilines is 6. The zero-order chi connectivity index (χ0) is 72.2. The minimum absolute atomic E-state index is 0.0860. The van der Waals surface area contributed by atoms with Crippen molar-refractivity contribution in [3.8, 4) is 89.0 Å². The molecule has 0 aromatic heterocycles. The molecular formula is C105H80N2. The molecule has 2 nitrogen and oxygen atoms in total. The molecule has 18 rings (SSSR count). The van der Waals surface area contributed by atoms with E-state index in [1.54, 1.807) is 0 Å². The van der Waals surface area contributed by atoms with Crippen molar-refractivity contribution in [2.24, 2.45) is 0 Å². The Morgan fingerprint density at radius 1 is 0.178 bits per heavy atom. The quantitative estimate of drug-likeness (QED) is 0.107. The molecule has 0 bridgehead atoms. The predicted molar refractivity (Wildman–Crippen MR) is 459 cm³/mol. The highest BCUT2D eigenvalue weighted by atomic mass is 15.1. The van der Waals surface area contributed by atoms with E-state index in [0.717, 1.165) is 34.1 Å². The molecule has 2 heteroatoms. The zero-order valence-electron chi connectivity index (χ0n) is 60.7. The molecule has 0 heterocycles. The van der Waals surface area contributed by atoms with Gasteiger partial charge in [-0.1, -0.05) is 360 Å². The number of rotatable bonds is 14. The topological polar surface area (TPSA) is 6.48 Å². The monoisotopic (exact) mass is 1370 g/mol. The number of nitrogens with zero attached hydrogens (tertiary/aromatic N) is 2. The Balaban J connectivity index is 0.000000163. The Bertz CT molecular complexity index is 5980. The first-order valence-corrected chi connectivity index (χ1v) is 37.1. The molecule has 0 radical (unpaired) electrons. The van der Waals surface area contributed by atoms with Gasteiger partial charge in [0.15, 0.2) is 0 Å². The fourth-order valence-electron chi connectivity index (χ4n) is 15.4. The second kappa shape index (κ2) is 29.4. The maximum Gasteiger partial charge on any atom is 0.0464 e. The fourth-order valence-corrected chi connectivity index (χ4v) is 15.4. The summed E-state index contributed by atoms with van der Waals surface area (Å²) >= 11 is 0. The van der Waals surface area contributed by atoms with E-state index in [0.29, 0.717) is 0 Å². The smallest absolute Gasteiger partial charge is 0.0464 e. The van der Waals surface area contributed by atoms with E-state index in [1.165, 1.54) is 143 Å². The van der Waals surface area contributed by atoms with Crippen molar-refractivity contribution >= 4 is 77.2 Å². The molecule has 107 heavy (non-hydrogen) atoms. The van der Waals surface area contributed by atoms with Crippen LogP contribution in [0, 0.1) is 6.92 Å².